The lowest BCUT2D eigenvalue weighted by Gasteiger charge is -2.37. The number of guanidine groups is 1. The van der Waals surface area contributed by atoms with E-state index in [0.29, 0.717) is 6.61 Å². The quantitative estimate of drug-likeness (QED) is 0.163. The Morgan fingerprint density at radius 3 is 2.55 bits per heavy atom. The zero-order valence-corrected chi connectivity index (χ0v) is 20.6. The Morgan fingerprint density at radius 1 is 1.28 bits per heavy atom. The molecule has 164 valence electrons. The van der Waals surface area contributed by atoms with E-state index < -0.39 is 0 Å². The summed E-state index contributed by atoms with van der Waals surface area (Å²) in [7, 11) is 2.11. The van der Waals surface area contributed by atoms with E-state index in [1.165, 1.54) is 5.56 Å². The SMILES string of the molecule is C=CCCCN(C)C(=NCC1(c2ccc(OCC)cc2)CCOCC1)NCC.I. The van der Waals surface area contributed by atoms with Crippen LogP contribution in [-0.4, -0.2) is 57.4 Å². The number of allylic oxidation sites excluding steroid dienone is 1. The molecule has 0 amide bonds. The molecule has 1 aromatic carbocycles. The van der Waals surface area contributed by atoms with Crippen LogP contribution in [0.3, 0.4) is 0 Å². The second-order valence-electron chi connectivity index (χ2n) is 7.37. The summed E-state index contributed by atoms with van der Waals surface area (Å²) in [5.41, 5.74) is 1.35. The van der Waals surface area contributed by atoms with Gasteiger partial charge in [0.2, 0.25) is 0 Å². The fraction of sp³-hybridized carbons (Fsp3) is 0.609. The molecule has 29 heavy (non-hydrogen) atoms. The molecule has 1 aromatic rings. The molecule has 2 rings (SSSR count). The molecule has 1 saturated heterocycles. The zero-order valence-electron chi connectivity index (χ0n) is 18.3. The number of nitrogens with one attached hydrogen (secondary N) is 1. The van der Waals surface area contributed by atoms with Crippen molar-refractivity contribution in [3.05, 3.63) is 42.5 Å². The maximum atomic E-state index is 5.67. The van der Waals surface area contributed by atoms with Crippen molar-refractivity contribution in [3.63, 3.8) is 0 Å². The standard InChI is InChI=1S/C23H37N3O2.HI/c1-5-8-9-16-26(4)22(24-6-2)25-19-23(14-17-27-18-15-23)20-10-12-21(13-11-20)28-7-3;/h5,10-13H,1,6-9,14-19H2,2-4H3,(H,24,25);1H. The van der Waals surface area contributed by atoms with E-state index in [1.807, 2.05) is 13.0 Å². The van der Waals surface area contributed by atoms with E-state index in [1.54, 1.807) is 0 Å². The highest BCUT2D eigenvalue weighted by Gasteiger charge is 2.34. The molecule has 0 aliphatic carbocycles. The maximum Gasteiger partial charge on any atom is 0.193 e. The van der Waals surface area contributed by atoms with Crippen molar-refractivity contribution >= 4 is 29.9 Å². The molecular weight excluding hydrogens is 477 g/mol. The minimum Gasteiger partial charge on any atom is -0.494 e. The van der Waals surface area contributed by atoms with Crippen molar-refractivity contribution in [1.29, 1.82) is 0 Å². The predicted octanol–water partition coefficient (Wildman–Crippen LogP) is 4.62. The first-order valence-electron chi connectivity index (χ1n) is 10.6. The smallest absolute Gasteiger partial charge is 0.193 e. The molecule has 1 aliphatic rings. The molecule has 0 radical (unpaired) electrons. The number of hydrogen-bond acceptors (Lipinski definition) is 3. The second-order valence-corrected chi connectivity index (χ2v) is 7.37. The monoisotopic (exact) mass is 515 g/mol. The topological polar surface area (TPSA) is 46.1 Å². The van der Waals surface area contributed by atoms with Crippen LogP contribution >= 0.6 is 24.0 Å². The molecule has 0 saturated carbocycles. The maximum absolute atomic E-state index is 5.67. The van der Waals surface area contributed by atoms with E-state index in [9.17, 15) is 0 Å². The molecule has 6 heteroatoms. The van der Waals surface area contributed by atoms with Gasteiger partial charge < -0.3 is 19.7 Å². The van der Waals surface area contributed by atoms with Gasteiger partial charge in [-0.3, -0.25) is 4.99 Å². The number of benzene rings is 1. The van der Waals surface area contributed by atoms with Crippen LogP contribution in [0.25, 0.3) is 0 Å². The van der Waals surface area contributed by atoms with Gasteiger partial charge in [0.25, 0.3) is 0 Å². The van der Waals surface area contributed by atoms with Gasteiger partial charge in [0, 0.05) is 38.8 Å². The molecule has 0 aromatic heterocycles. The van der Waals surface area contributed by atoms with E-state index in [4.69, 9.17) is 14.5 Å². The molecule has 1 N–H and O–H groups in total. The van der Waals surface area contributed by atoms with Gasteiger partial charge in [-0.25, -0.2) is 0 Å². The lowest BCUT2D eigenvalue weighted by atomic mass is 9.74. The van der Waals surface area contributed by atoms with Crippen LogP contribution in [0.15, 0.2) is 41.9 Å². The number of aliphatic imine (C=N–C) groups is 1. The van der Waals surface area contributed by atoms with E-state index in [0.717, 1.165) is 70.2 Å². The highest BCUT2D eigenvalue weighted by Crippen LogP contribution is 2.36. The van der Waals surface area contributed by atoms with Crippen molar-refractivity contribution in [2.75, 3.05) is 46.5 Å². The van der Waals surface area contributed by atoms with Crippen LogP contribution < -0.4 is 10.1 Å². The highest BCUT2D eigenvalue weighted by atomic mass is 127. The van der Waals surface area contributed by atoms with Crippen molar-refractivity contribution in [3.8, 4) is 5.75 Å². The lowest BCUT2D eigenvalue weighted by Crippen LogP contribution is -2.42. The summed E-state index contributed by atoms with van der Waals surface area (Å²) >= 11 is 0. The van der Waals surface area contributed by atoms with Crippen LogP contribution in [0.4, 0.5) is 0 Å². The number of halogens is 1. The number of rotatable bonds is 10. The van der Waals surface area contributed by atoms with Crippen molar-refractivity contribution < 1.29 is 9.47 Å². The van der Waals surface area contributed by atoms with Crippen LogP contribution in [0.5, 0.6) is 5.75 Å². The third-order valence-electron chi connectivity index (χ3n) is 5.36. The summed E-state index contributed by atoms with van der Waals surface area (Å²) in [5.74, 6) is 1.90. The van der Waals surface area contributed by atoms with Crippen LogP contribution in [0, 0.1) is 0 Å². The van der Waals surface area contributed by atoms with E-state index in [-0.39, 0.29) is 29.4 Å². The van der Waals surface area contributed by atoms with Crippen molar-refractivity contribution in [2.24, 2.45) is 4.99 Å². The Labute approximate surface area is 194 Å². The molecular formula is C23H38IN3O2. The molecule has 0 atom stereocenters. The van der Waals surface area contributed by atoms with Gasteiger partial charge in [-0.2, -0.15) is 0 Å². The van der Waals surface area contributed by atoms with E-state index in [2.05, 4.69) is 55.0 Å². The molecule has 5 nitrogen and oxygen atoms in total. The van der Waals surface area contributed by atoms with Gasteiger partial charge >= 0.3 is 0 Å². The predicted molar refractivity (Wildman–Crippen MR) is 133 cm³/mol. The molecule has 0 spiro atoms. The first-order chi connectivity index (χ1) is 13.6. The number of nitrogens with zero attached hydrogens (tertiary/aromatic N) is 2. The Balaban J connectivity index is 0.00000420. The third kappa shape index (κ3) is 7.81. The Bertz CT molecular complexity index is 613. The molecule has 0 bridgehead atoms. The Kier molecular flexibility index (Phi) is 12.3. The molecule has 1 aliphatic heterocycles. The summed E-state index contributed by atoms with van der Waals surface area (Å²) in [6.07, 6.45) is 6.06. The molecule has 0 unspecified atom stereocenters. The average Bonchev–Trinajstić information content (AvgIpc) is 2.72. The molecule has 1 fully saturated rings. The second kappa shape index (κ2) is 13.9. The van der Waals surface area contributed by atoms with Crippen LogP contribution in [0.1, 0.15) is 45.1 Å². The minimum atomic E-state index is 0. The fourth-order valence-electron chi connectivity index (χ4n) is 3.65. The van der Waals surface area contributed by atoms with Gasteiger partial charge in [-0.1, -0.05) is 18.2 Å². The van der Waals surface area contributed by atoms with Crippen molar-refractivity contribution in [1.82, 2.24) is 10.2 Å². The van der Waals surface area contributed by atoms with Crippen LogP contribution in [0.2, 0.25) is 0 Å². The van der Waals surface area contributed by atoms with Gasteiger partial charge in [0.1, 0.15) is 5.75 Å². The normalized spacial score (nSPS) is 15.9. The van der Waals surface area contributed by atoms with Gasteiger partial charge in [-0.15, -0.1) is 30.6 Å². The van der Waals surface area contributed by atoms with Gasteiger partial charge in [-0.05, 0) is 57.2 Å². The average molecular weight is 515 g/mol. The molecule has 1 heterocycles. The summed E-state index contributed by atoms with van der Waals surface area (Å²) < 4.78 is 11.3. The number of hydrogen-bond donors (Lipinski definition) is 1. The summed E-state index contributed by atoms with van der Waals surface area (Å²) in [6.45, 7) is 12.8. The first kappa shape index (κ1) is 25.8. The lowest BCUT2D eigenvalue weighted by molar-refractivity contribution is 0.0530. The summed E-state index contributed by atoms with van der Waals surface area (Å²) in [6, 6.07) is 8.55. The Morgan fingerprint density at radius 2 is 1.97 bits per heavy atom. The Hall–Kier alpha value is -1.28. The van der Waals surface area contributed by atoms with Crippen molar-refractivity contribution in [2.45, 2.75) is 44.9 Å². The largest absolute Gasteiger partial charge is 0.494 e. The van der Waals surface area contributed by atoms with Gasteiger partial charge in [0.05, 0.1) is 13.2 Å². The third-order valence-corrected chi connectivity index (χ3v) is 5.36. The number of unbranched alkanes of at least 4 members (excludes halogenated alkanes) is 1. The highest BCUT2D eigenvalue weighted by molar-refractivity contribution is 14.0. The van der Waals surface area contributed by atoms with Gasteiger partial charge in [0.15, 0.2) is 5.96 Å². The fourth-order valence-corrected chi connectivity index (χ4v) is 3.65. The summed E-state index contributed by atoms with van der Waals surface area (Å²) in [5, 5.41) is 3.44. The number of ether oxygens (including phenoxy) is 2. The van der Waals surface area contributed by atoms with Crippen LogP contribution in [-0.2, 0) is 10.2 Å². The minimum absolute atomic E-state index is 0. The summed E-state index contributed by atoms with van der Waals surface area (Å²) in [4.78, 5) is 7.26. The zero-order chi connectivity index (χ0) is 20.2. The first-order valence-corrected chi connectivity index (χ1v) is 10.6. The van der Waals surface area contributed by atoms with E-state index >= 15 is 0 Å².